The lowest BCUT2D eigenvalue weighted by molar-refractivity contribution is -0.143. The number of aliphatic carboxylic acids is 2. The number of carboxylic acid groups (broad SMARTS) is 2. The summed E-state index contributed by atoms with van der Waals surface area (Å²) in [6.45, 7) is -0.190. The number of likely N-dealkylation sites (tertiary alicyclic amines) is 1. The molecule has 97 heavy (non-hydrogen) atoms. The highest BCUT2D eigenvalue weighted by Crippen LogP contribution is 2.22. The summed E-state index contributed by atoms with van der Waals surface area (Å²) in [6, 6.07) is -8.07. The second-order valence-corrected chi connectivity index (χ2v) is 23.3. The van der Waals surface area contributed by atoms with Crippen molar-refractivity contribution in [2.24, 2.45) is 50.1 Å². The first kappa shape index (κ1) is 81.7. The summed E-state index contributed by atoms with van der Waals surface area (Å²) < 4.78 is 0. The molecular formula is C57H91N21O17S2. The quantitative estimate of drug-likeness (QED) is 0.0127. The largest absolute Gasteiger partial charge is 0.481 e. The van der Waals surface area contributed by atoms with Gasteiger partial charge in [-0.3, -0.25) is 72.3 Å². The van der Waals surface area contributed by atoms with Gasteiger partial charge in [-0.05, 0) is 82.9 Å². The molecule has 28 N–H and O–H groups in total. The van der Waals surface area contributed by atoms with Crippen LogP contribution in [0.5, 0.6) is 0 Å². The summed E-state index contributed by atoms with van der Waals surface area (Å²) >= 11 is 8.13. The molecule has 0 saturated carbocycles. The second-order valence-electron chi connectivity index (χ2n) is 22.6. The van der Waals surface area contributed by atoms with Gasteiger partial charge in [0, 0.05) is 61.1 Å². The van der Waals surface area contributed by atoms with Crippen LogP contribution in [0.4, 0.5) is 0 Å². The van der Waals surface area contributed by atoms with E-state index in [2.05, 4.69) is 88.1 Å². The van der Waals surface area contributed by atoms with Crippen molar-refractivity contribution < 1.29 is 82.4 Å². The predicted octanol–water partition coefficient (Wildman–Crippen LogP) is -8.56. The van der Waals surface area contributed by atoms with Crippen LogP contribution in [0.25, 0.3) is 10.9 Å². The van der Waals surface area contributed by atoms with Crippen LogP contribution in [-0.2, 0) is 73.5 Å². The summed E-state index contributed by atoms with van der Waals surface area (Å²) in [4.78, 5) is 198. The van der Waals surface area contributed by atoms with E-state index in [0.29, 0.717) is 42.3 Å². The van der Waals surface area contributed by atoms with Crippen LogP contribution >= 0.6 is 25.3 Å². The first-order valence-electron chi connectivity index (χ1n) is 30.9. The number of aliphatic imine (C=N–C) groups is 2. The van der Waals surface area contributed by atoms with Gasteiger partial charge in [-0.1, -0.05) is 24.6 Å². The van der Waals surface area contributed by atoms with E-state index >= 15 is 0 Å². The average Bonchev–Trinajstić information content (AvgIpc) is 1.71. The van der Waals surface area contributed by atoms with Crippen molar-refractivity contribution in [3.8, 4) is 0 Å². The van der Waals surface area contributed by atoms with Gasteiger partial charge in [-0.25, -0.2) is 4.79 Å². The highest BCUT2D eigenvalue weighted by Gasteiger charge is 2.41. The zero-order valence-corrected chi connectivity index (χ0v) is 55.2. The van der Waals surface area contributed by atoms with Crippen LogP contribution in [0.2, 0.25) is 0 Å². The molecule has 2 heterocycles. The number of aliphatic hydroxyl groups excluding tert-OH is 1. The normalized spacial score (nSPS) is 15.6. The maximum atomic E-state index is 14.7. The second kappa shape index (κ2) is 42.1. The highest BCUT2D eigenvalue weighted by molar-refractivity contribution is 7.80. The third-order valence-electron chi connectivity index (χ3n) is 14.9. The lowest BCUT2D eigenvalue weighted by atomic mass is 10.0. The molecule has 3 rings (SSSR count). The number of aromatic amines is 1. The minimum absolute atomic E-state index is 0.0100. The molecule has 1 fully saturated rings. The first-order valence-corrected chi connectivity index (χ1v) is 32.2. The summed E-state index contributed by atoms with van der Waals surface area (Å²) in [5.41, 5.74) is 40.2. The fourth-order valence-electron chi connectivity index (χ4n) is 9.81. The molecule has 1 aromatic heterocycles. The molecule has 1 aliphatic rings. The molecule has 1 aliphatic heterocycles. The fraction of sp³-hybridized carbons (Fsp3) is 0.579. The molecule has 2 aromatic rings. The molecule has 38 nitrogen and oxygen atoms in total. The summed E-state index contributed by atoms with van der Waals surface area (Å²) in [5.74, 6) is -16.1. The number of aliphatic hydroxyl groups is 1. The van der Waals surface area contributed by atoms with Crippen LogP contribution in [0.15, 0.2) is 40.4 Å². The number of carbonyl (C=O) groups excluding carboxylic acids is 12. The number of guanidine groups is 2. The third kappa shape index (κ3) is 28.8. The molecule has 12 amide bonds. The smallest absolute Gasteiger partial charge is 0.327 e. The summed E-state index contributed by atoms with van der Waals surface area (Å²) in [5, 5.41) is 54.1. The van der Waals surface area contributed by atoms with Gasteiger partial charge >= 0.3 is 11.9 Å². The molecule has 0 unspecified atom stereocenters. The number of thiol groups is 2. The summed E-state index contributed by atoms with van der Waals surface area (Å²) in [7, 11) is 0. The molecule has 1 aromatic carbocycles. The molecule has 40 heteroatoms. The standard InChI is InChI=1S/C57H91N21O17S2/c1-28(79)45(53(92)73-33(12-6-18-65-56(61)62)47(86)69-25-43(82)71-37(22-44(83)84)50(89)76-39(27-97)55(94)95)77-52(91)40-14-8-20-78(40)54(93)35(13-7-19-66-57(63)64)74-51(90)38(26-96)75-48(87)34(15-16-41(60)80)72-49(88)36(21-29-23-67-32-11-3-2-9-30(29)32)70-42(81)24-68-46(85)31(59)10-4-5-17-58/h2-3,9,11,23,28,31,33-40,45,67,79,96-97H,4-8,10,12-22,24-27,58-59H2,1H3,(H2,60,80)(H,68,85)(H,69,86)(H,70,81)(H,71,82)(H,72,88)(H,73,92)(H,74,90)(H,75,87)(H,76,89)(H,77,91)(H,83,84)(H,94,95)(H4,61,62,65)(H4,63,64,66)/t28-,31+,33+,34+,35+,36+,37+,38+,39+,40+,45+/m1/s1. The minimum atomic E-state index is -1.83. The van der Waals surface area contributed by atoms with Gasteiger partial charge in [-0.2, -0.15) is 25.3 Å². The number of H-pyrrole nitrogens is 1. The Bertz CT molecular complexity index is 3150. The number of nitrogens with one attached hydrogen (secondary N) is 11. The lowest BCUT2D eigenvalue weighted by Crippen LogP contribution is -2.61. The van der Waals surface area contributed by atoms with Crippen molar-refractivity contribution in [3.63, 3.8) is 0 Å². The van der Waals surface area contributed by atoms with Gasteiger partial charge in [0.1, 0.15) is 54.4 Å². The number of nitrogens with two attached hydrogens (primary N) is 7. The number of aromatic nitrogens is 1. The average molecular weight is 1410 g/mol. The van der Waals surface area contributed by atoms with Crippen LogP contribution in [0.1, 0.15) is 89.5 Å². The SMILES string of the molecule is C[C@@H](O)[C@H](NC(=O)[C@@H]1CCCN1C(=O)[C@H](CCCN=C(N)N)NC(=O)[C@H](CS)NC(=O)[C@H](CCC(N)=O)NC(=O)[C@H](Cc1c[nH]c2ccccc12)NC(=O)CNC(=O)[C@@H](N)CCCCN)C(=O)N[C@@H](CCCN=C(N)N)C(=O)NCC(=O)N[C@@H](CC(=O)O)C(=O)N[C@@H](CS)C(=O)O. The van der Waals surface area contributed by atoms with E-state index in [4.69, 9.17) is 40.1 Å². The Kier molecular flexibility index (Phi) is 35.5. The highest BCUT2D eigenvalue weighted by atomic mass is 32.1. The number of rotatable bonds is 44. The lowest BCUT2D eigenvalue weighted by Gasteiger charge is -2.31. The number of unbranched alkanes of at least 4 members (excludes halogenated alkanes) is 1. The Morgan fingerprint density at radius 3 is 1.72 bits per heavy atom. The molecule has 538 valence electrons. The van der Waals surface area contributed by atoms with E-state index in [9.17, 15) is 82.4 Å². The van der Waals surface area contributed by atoms with Crippen LogP contribution in [0.3, 0.4) is 0 Å². The molecule has 0 bridgehead atoms. The minimum Gasteiger partial charge on any atom is -0.481 e. The molecular weight excluding hydrogens is 1310 g/mol. The number of amides is 12. The van der Waals surface area contributed by atoms with E-state index < -0.39 is 193 Å². The maximum Gasteiger partial charge on any atom is 0.327 e. The van der Waals surface area contributed by atoms with Crippen molar-refractivity contribution in [3.05, 3.63) is 36.0 Å². The van der Waals surface area contributed by atoms with Gasteiger partial charge < -0.3 is 119 Å². The van der Waals surface area contributed by atoms with Crippen molar-refractivity contribution in [2.45, 2.75) is 157 Å². The zero-order chi connectivity index (χ0) is 72.5. The Hall–Kier alpha value is -9.54. The van der Waals surface area contributed by atoms with Crippen molar-refractivity contribution in [1.82, 2.24) is 63.1 Å². The predicted molar refractivity (Wildman–Crippen MR) is 357 cm³/mol. The Balaban J connectivity index is 1.86. The third-order valence-corrected chi connectivity index (χ3v) is 15.6. The van der Waals surface area contributed by atoms with E-state index in [1.807, 2.05) is 5.32 Å². The van der Waals surface area contributed by atoms with E-state index in [0.717, 1.165) is 11.8 Å². The molecule has 0 aliphatic carbocycles. The van der Waals surface area contributed by atoms with E-state index in [-0.39, 0.29) is 76.5 Å². The molecule has 11 atom stereocenters. The molecule has 0 spiro atoms. The molecule has 1 saturated heterocycles. The number of benzene rings is 1. The number of carboxylic acids is 2. The van der Waals surface area contributed by atoms with Gasteiger partial charge in [0.25, 0.3) is 0 Å². The van der Waals surface area contributed by atoms with Crippen LogP contribution in [0, 0.1) is 0 Å². The number of para-hydroxylation sites is 1. The van der Waals surface area contributed by atoms with E-state index in [1.54, 1.807) is 30.5 Å². The Morgan fingerprint density at radius 2 is 1.14 bits per heavy atom. The van der Waals surface area contributed by atoms with Crippen molar-refractivity contribution in [2.75, 3.05) is 50.8 Å². The summed E-state index contributed by atoms with van der Waals surface area (Å²) in [6.07, 6.45) is -0.777. The van der Waals surface area contributed by atoms with Gasteiger partial charge in [0.05, 0.1) is 31.7 Å². The fourth-order valence-corrected chi connectivity index (χ4v) is 10.3. The monoisotopic (exact) mass is 1410 g/mol. The number of hydrogen-bond donors (Lipinski definition) is 23. The number of primary amides is 1. The van der Waals surface area contributed by atoms with Gasteiger partial charge in [0.15, 0.2) is 11.9 Å². The van der Waals surface area contributed by atoms with Crippen LogP contribution in [-0.4, -0.2) is 237 Å². The maximum absolute atomic E-state index is 14.7. The molecule has 0 radical (unpaired) electrons. The topological polar surface area (TPSA) is 646 Å². The number of nitrogens with zero attached hydrogens (tertiary/aromatic N) is 3. The van der Waals surface area contributed by atoms with Gasteiger partial charge in [0.2, 0.25) is 70.9 Å². The first-order chi connectivity index (χ1) is 45.9. The number of fused-ring (bicyclic) bond motifs is 1. The number of carbonyl (C=O) groups is 14. The van der Waals surface area contributed by atoms with E-state index in [1.165, 1.54) is 0 Å². The van der Waals surface area contributed by atoms with Crippen molar-refractivity contribution in [1.29, 1.82) is 0 Å². The zero-order valence-electron chi connectivity index (χ0n) is 53.4. The number of hydrogen-bond acceptors (Lipinski definition) is 21. The van der Waals surface area contributed by atoms with Crippen molar-refractivity contribution >= 4 is 131 Å². The Labute approximate surface area is 568 Å². The Morgan fingerprint density at radius 1 is 0.619 bits per heavy atom. The van der Waals surface area contributed by atoms with Gasteiger partial charge in [-0.15, -0.1) is 0 Å². The van der Waals surface area contributed by atoms with Crippen LogP contribution < -0.4 is 93.3 Å².